The first kappa shape index (κ1) is 15.7. The number of nitrogens with one attached hydrogen (secondary N) is 1. The van der Waals surface area contributed by atoms with Gasteiger partial charge >= 0.3 is 0 Å². The smallest absolute Gasteiger partial charge is 0.258 e. The normalized spacial score (nSPS) is 15.8. The molecular weight excluding hydrogens is 362 g/mol. The van der Waals surface area contributed by atoms with Crippen LogP contribution in [0, 0.1) is 0 Å². The molecule has 0 fully saturated rings. The molecule has 1 amide bonds. The molecule has 0 spiro atoms. The van der Waals surface area contributed by atoms with Crippen molar-refractivity contribution in [1.82, 2.24) is 5.32 Å². The predicted octanol–water partition coefficient (Wildman–Crippen LogP) is 2.78. The summed E-state index contributed by atoms with van der Waals surface area (Å²) in [5, 5.41) is 2.79. The molecule has 2 aromatic carbocycles. The third kappa shape index (κ3) is 4.16. The van der Waals surface area contributed by atoms with Crippen molar-refractivity contribution >= 4 is 21.8 Å². The minimum Gasteiger partial charge on any atom is -0.486 e. The van der Waals surface area contributed by atoms with Gasteiger partial charge in [-0.25, -0.2) is 0 Å². The summed E-state index contributed by atoms with van der Waals surface area (Å²) in [5.41, 5.74) is 0. The Morgan fingerprint density at radius 1 is 1.17 bits per heavy atom. The van der Waals surface area contributed by atoms with Crippen LogP contribution >= 0.6 is 15.9 Å². The number of carbonyl (C=O) groups excluding carboxylic acids is 1. The van der Waals surface area contributed by atoms with Crippen molar-refractivity contribution in [3.05, 3.63) is 53.0 Å². The number of carbonyl (C=O) groups is 1. The van der Waals surface area contributed by atoms with E-state index in [1.807, 2.05) is 42.5 Å². The molecule has 0 unspecified atom stereocenters. The maximum absolute atomic E-state index is 11.9. The Morgan fingerprint density at radius 3 is 2.74 bits per heavy atom. The van der Waals surface area contributed by atoms with Gasteiger partial charge in [-0.05, 0) is 40.2 Å². The number of ether oxygens (including phenoxy) is 3. The maximum atomic E-state index is 11.9. The van der Waals surface area contributed by atoms with Crippen LogP contribution in [0.5, 0.6) is 17.2 Å². The van der Waals surface area contributed by atoms with Gasteiger partial charge in [-0.15, -0.1) is 0 Å². The molecule has 1 aliphatic heterocycles. The molecule has 0 radical (unpaired) electrons. The standard InChI is InChI=1S/C17H16BrNO4/c18-13-5-1-2-6-14(13)22-11-17(20)19-9-12-10-21-15-7-3-4-8-16(15)23-12/h1-8,12H,9-11H2,(H,19,20)/t12-/m0/s1. The van der Waals surface area contributed by atoms with Crippen LogP contribution in [-0.2, 0) is 4.79 Å². The quantitative estimate of drug-likeness (QED) is 0.870. The van der Waals surface area contributed by atoms with Crippen molar-refractivity contribution in [3.63, 3.8) is 0 Å². The second kappa shape index (κ2) is 7.37. The van der Waals surface area contributed by atoms with Gasteiger partial charge in [-0.3, -0.25) is 4.79 Å². The van der Waals surface area contributed by atoms with Crippen molar-refractivity contribution < 1.29 is 19.0 Å². The summed E-state index contributed by atoms with van der Waals surface area (Å²) in [6, 6.07) is 14.9. The van der Waals surface area contributed by atoms with Crippen LogP contribution in [0.15, 0.2) is 53.0 Å². The lowest BCUT2D eigenvalue weighted by atomic mass is 10.2. The zero-order valence-electron chi connectivity index (χ0n) is 12.3. The van der Waals surface area contributed by atoms with Crippen LogP contribution in [0.25, 0.3) is 0 Å². The second-order valence-electron chi connectivity index (χ2n) is 5.02. The van der Waals surface area contributed by atoms with Gasteiger partial charge in [0.15, 0.2) is 18.1 Å². The first-order valence-electron chi connectivity index (χ1n) is 7.25. The fraction of sp³-hybridized carbons (Fsp3) is 0.235. The zero-order valence-corrected chi connectivity index (χ0v) is 13.9. The number of fused-ring (bicyclic) bond motifs is 1. The fourth-order valence-corrected chi connectivity index (χ4v) is 2.55. The van der Waals surface area contributed by atoms with E-state index in [2.05, 4.69) is 21.2 Å². The largest absolute Gasteiger partial charge is 0.486 e. The molecule has 1 aliphatic rings. The van der Waals surface area contributed by atoms with Gasteiger partial charge in [0.25, 0.3) is 5.91 Å². The average Bonchev–Trinajstić information content (AvgIpc) is 2.59. The van der Waals surface area contributed by atoms with Crippen molar-refractivity contribution in [3.8, 4) is 17.2 Å². The van der Waals surface area contributed by atoms with E-state index < -0.39 is 0 Å². The highest BCUT2D eigenvalue weighted by Gasteiger charge is 2.21. The molecule has 1 atom stereocenters. The number of halogens is 1. The molecule has 23 heavy (non-hydrogen) atoms. The van der Waals surface area contributed by atoms with E-state index in [4.69, 9.17) is 14.2 Å². The number of hydrogen-bond donors (Lipinski definition) is 1. The highest BCUT2D eigenvalue weighted by Crippen LogP contribution is 2.30. The van der Waals surface area contributed by atoms with Crippen LogP contribution in [0.2, 0.25) is 0 Å². The molecule has 3 rings (SSSR count). The molecule has 2 aromatic rings. The summed E-state index contributed by atoms with van der Waals surface area (Å²) in [6.45, 7) is 0.724. The minimum atomic E-state index is -0.211. The van der Waals surface area contributed by atoms with Gasteiger partial charge in [-0.2, -0.15) is 0 Å². The molecule has 5 nitrogen and oxygen atoms in total. The fourth-order valence-electron chi connectivity index (χ4n) is 2.15. The third-order valence-electron chi connectivity index (χ3n) is 3.29. The summed E-state index contributed by atoms with van der Waals surface area (Å²) in [6.07, 6.45) is -0.211. The summed E-state index contributed by atoms with van der Waals surface area (Å²) >= 11 is 3.37. The number of benzene rings is 2. The SMILES string of the molecule is O=C(COc1ccccc1Br)NC[C@H]1COc2ccccc2O1. The van der Waals surface area contributed by atoms with Crippen molar-refractivity contribution in [2.24, 2.45) is 0 Å². The third-order valence-corrected chi connectivity index (χ3v) is 3.94. The Balaban J connectivity index is 1.44. The van der Waals surface area contributed by atoms with E-state index in [-0.39, 0.29) is 18.6 Å². The first-order chi connectivity index (χ1) is 11.2. The van der Waals surface area contributed by atoms with E-state index in [1.165, 1.54) is 0 Å². The molecule has 0 saturated heterocycles. The van der Waals surface area contributed by atoms with E-state index in [9.17, 15) is 4.79 Å². The Morgan fingerprint density at radius 2 is 1.91 bits per heavy atom. The molecule has 0 aromatic heterocycles. The van der Waals surface area contributed by atoms with Crippen molar-refractivity contribution in [1.29, 1.82) is 0 Å². The van der Waals surface area contributed by atoms with Crippen LogP contribution in [0.4, 0.5) is 0 Å². The van der Waals surface area contributed by atoms with Gasteiger partial charge in [0.2, 0.25) is 0 Å². The van der Waals surface area contributed by atoms with Gasteiger partial charge in [0.05, 0.1) is 11.0 Å². The molecule has 0 bridgehead atoms. The minimum absolute atomic E-state index is 0.0488. The van der Waals surface area contributed by atoms with Gasteiger partial charge in [0, 0.05) is 0 Å². The lowest BCUT2D eigenvalue weighted by Gasteiger charge is -2.26. The van der Waals surface area contributed by atoms with Crippen molar-refractivity contribution in [2.45, 2.75) is 6.10 Å². The monoisotopic (exact) mass is 377 g/mol. The Bertz CT molecular complexity index is 692. The van der Waals surface area contributed by atoms with E-state index >= 15 is 0 Å². The highest BCUT2D eigenvalue weighted by molar-refractivity contribution is 9.10. The van der Waals surface area contributed by atoms with E-state index in [0.29, 0.717) is 24.7 Å². The number of hydrogen-bond acceptors (Lipinski definition) is 4. The molecular formula is C17H16BrNO4. The predicted molar refractivity (Wildman–Crippen MR) is 89.0 cm³/mol. The molecule has 1 N–H and O–H groups in total. The first-order valence-corrected chi connectivity index (χ1v) is 8.04. The van der Waals surface area contributed by atoms with Crippen LogP contribution in [0.3, 0.4) is 0 Å². The number of rotatable bonds is 5. The zero-order chi connectivity index (χ0) is 16.1. The van der Waals surface area contributed by atoms with Crippen LogP contribution in [-0.4, -0.2) is 31.8 Å². The number of amides is 1. The lowest BCUT2D eigenvalue weighted by Crippen LogP contribution is -2.42. The van der Waals surface area contributed by atoms with E-state index in [1.54, 1.807) is 6.07 Å². The molecule has 0 saturated carbocycles. The summed E-state index contributed by atoms with van der Waals surface area (Å²) < 4.78 is 17.7. The Kier molecular flexibility index (Phi) is 5.02. The summed E-state index contributed by atoms with van der Waals surface area (Å²) in [4.78, 5) is 11.9. The maximum Gasteiger partial charge on any atom is 0.258 e. The topological polar surface area (TPSA) is 56.8 Å². The van der Waals surface area contributed by atoms with Gasteiger partial charge in [0.1, 0.15) is 18.5 Å². The summed E-state index contributed by atoms with van der Waals surface area (Å²) in [7, 11) is 0. The molecule has 6 heteroatoms. The van der Waals surface area contributed by atoms with Gasteiger partial charge < -0.3 is 19.5 Å². The molecule has 120 valence electrons. The van der Waals surface area contributed by atoms with Crippen LogP contribution in [0.1, 0.15) is 0 Å². The lowest BCUT2D eigenvalue weighted by molar-refractivity contribution is -0.123. The highest BCUT2D eigenvalue weighted by atomic mass is 79.9. The van der Waals surface area contributed by atoms with Crippen LogP contribution < -0.4 is 19.5 Å². The second-order valence-corrected chi connectivity index (χ2v) is 5.88. The summed E-state index contributed by atoms with van der Waals surface area (Å²) in [5.74, 6) is 1.85. The Hall–Kier alpha value is -2.21. The molecule has 1 heterocycles. The average molecular weight is 378 g/mol. The van der Waals surface area contributed by atoms with Crippen molar-refractivity contribution in [2.75, 3.05) is 19.8 Å². The number of para-hydroxylation sites is 3. The van der Waals surface area contributed by atoms with Gasteiger partial charge in [-0.1, -0.05) is 24.3 Å². The Labute approximate surface area is 142 Å². The molecule has 0 aliphatic carbocycles. The van der Waals surface area contributed by atoms with E-state index in [0.717, 1.165) is 10.2 Å².